The molecular weight excluding hydrogens is 256 g/mol. The van der Waals surface area contributed by atoms with Crippen LogP contribution < -0.4 is 5.32 Å². The van der Waals surface area contributed by atoms with E-state index in [1.807, 2.05) is 6.07 Å². The zero-order valence-electron chi connectivity index (χ0n) is 11.7. The van der Waals surface area contributed by atoms with Gasteiger partial charge in [-0.25, -0.2) is 0 Å². The predicted molar refractivity (Wildman–Crippen MR) is 77.5 cm³/mol. The highest BCUT2D eigenvalue weighted by molar-refractivity contribution is 5.34. The largest absolute Gasteiger partial charge is 0.389 e. The van der Waals surface area contributed by atoms with Crippen LogP contribution in [-0.4, -0.2) is 22.2 Å². The summed E-state index contributed by atoms with van der Waals surface area (Å²) in [6.45, 7) is 1.10. The van der Waals surface area contributed by atoms with Crippen molar-refractivity contribution in [2.45, 2.75) is 50.7 Å². The SMILES string of the molecule is O=[N+]([O-])c1cccc(CNCC2(O)CCCCCC2)c1. The van der Waals surface area contributed by atoms with Gasteiger partial charge in [0.15, 0.2) is 0 Å². The Balaban J connectivity index is 1.85. The molecule has 0 amide bonds. The molecule has 2 N–H and O–H groups in total. The summed E-state index contributed by atoms with van der Waals surface area (Å²) < 4.78 is 0. The van der Waals surface area contributed by atoms with Gasteiger partial charge in [-0.1, -0.05) is 37.8 Å². The Morgan fingerprint density at radius 1 is 1.25 bits per heavy atom. The van der Waals surface area contributed by atoms with E-state index >= 15 is 0 Å². The van der Waals surface area contributed by atoms with Gasteiger partial charge in [-0.2, -0.15) is 0 Å². The number of benzene rings is 1. The van der Waals surface area contributed by atoms with Crippen LogP contribution in [0.5, 0.6) is 0 Å². The topological polar surface area (TPSA) is 75.4 Å². The number of nitrogens with one attached hydrogen (secondary N) is 1. The van der Waals surface area contributed by atoms with Crippen LogP contribution in [0.25, 0.3) is 0 Å². The number of nitro benzene ring substituents is 1. The third-order valence-electron chi connectivity index (χ3n) is 3.94. The van der Waals surface area contributed by atoms with Gasteiger partial charge in [0.2, 0.25) is 0 Å². The maximum Gasteiger partial charge on any atom is 0.269 e. The van der Waals surface area contributed by atoms with Gasteiger partial charge in [0.1, 0.15) is 0 Å². The molecule has 1 aliphatic carbocycles. The first-order chi connectivity index (χ1) is 9.59. The van der Waals surface area contributed by atoms with E-state index in [2.05, 4.69) is 5.32 Å². The van der Waals surface area contributed by atoms with Crippen molar-refractivity contribution in [1.82, 2.24) is 5.32 Å². The lowest BCUT2D eigenvalue weighted by Gasteiger charge is -2.27. The number of hydrogen-bond acceptors (Lipinski definition) is 4. The zero-order chi connectivity index (χ0) is 14.4. The summed E-state index contributed by atoms with van der Waals surface area (Å²) >= 11 is 0. The van der Waals surface area contributed by atoms with E-state index < -0.39 is 5.60 Å². The first kappa shape index (κ1) is 14.9. The number of hydrogen-bond donors (Lipinski definition) is 2. The molecule has 0 spiro atoms. The molecule has 0 unspecified atom stereocenters. The Labute approximate surface area is 119 Å². The molecule has 1 aromatic rings. The van der Waals surface area contributed by atoms with Crippen LogP contribution in [0.15, 0.2) is 24.3 Å². The molecule has 1 aliphatic rings. The summed E-state index contributed by atoms with van der Waals surface area (Å²) in [4.78, 5) is 10.3. The zero-order valence-corrected chi connectivity index (χ0v) is 11.7. The Morgan fingerprint density at radius 3 is 2.60 bits per heavy atom. The molecule has 1 saturated carbocycles. The van der Waals surface area contributed by atoms with Gasteiger partial charge in [0.25, 0.3) is 5.69 Å². The van der Waals surface area contributed by atoms with Crippen LogP contribution in [0, 0.1) is 10.1 Å². The van der Waals surface area contributed by atoms with Crippen LogP contribution >= 0.6 is 0 Å². The lowest BCUT2D eigenvalue weighted by Crippen LogP contribution is -2.39. The van der Waals surface area contributed by atoms with Crippen molar-refractivity contribution in [3.05, 3.63) is 39.9 Å². The summed E-state index contributed by atoms with van der Waals surface area (Å²) in [6, 6.07) is 6.61. The Hall–Kier alpha value is -1.46. The Morgan fingerprint density at radius 2 is 1.95 bits per heavy atom. The summed E-state index contributed by atoms with van der Waals surface area (Å²) in [5.41, 5.74) is 0.367. The lowest BCUT2D eigenvalue weighted by atomic mass is 9.94. The molecule has 5 heteroatoms. The molecule has 0 aliphatic heterocycles. The van der Waals surface area contributed by atoms with E-state index in [0.29, 0.717) is 13.1 Å². The van der Waals surface area contributed by atoms with Crippen molar-refractivity contribution in [2.24, 2.45) is 0 Å². The maximum atomic E-state index is 10.7. The van der Waals surface area contributed by atoms with E-state index in [4.69, 9.17) is 0 Å². The second-order valence-corrected chi connectivity index (χ2v) is 5.67. The van der Waals surface area contributed by atoms with Crippen molar-refractivity contribution >= 4 is 5.69 Å². The van der Waals surface area contributed by atoms with Crippen LogP contribution in [0.4, 0.5) is 5.69 Å². The van der Waals surface area contributed by atoms with E-state index in [-0.39, 0.29) is 10.6 Å². The van der Waals surface area contributed by atoms with Gasteiger partial charge in [0, 0.05) is 25.2 Å². The molecule has 20 heavy (non-hydrogen) atoms. The quantitative estimate of drug-likeness (QED) is 0.493. The average Bonchev–Trinajstić information content (AvgIpc) is 2.64. The molecule has 110 valence electrons. The van der Waals surface area contributed by atoms with E-state index in [9.17, 15) is 15.2 Å². The Kier molecular flexibility index (Phi) is 5.09. The average molecular weight is 278 g/mol. The van der Waals surface area contributed by atoms with Gasteiger partial charge in [-0.05, 0) is 18.4 Å². The third-order valence-corrected chi connectivity index (χ3v) is 3.94. The smallest absolute Gasteiger partial charge is 0.269 e. The van der Waals surface area contributed by atoms with Crippen molar-refractivity contribution < 1.29 is 10.0 Å². The summed E-state index contributed by atoms with van der Waals surface area (Å²) in [5.74, 6) is 0. The molecule has 0 heterocycles. The van der Waals surface area contributed by atoms with E-state index in [1.165, 1.54) is 18.9 Å². The monoisotopic (exact) mass is 278 g/mol. The minimum Gasteiger partial charge on any atom is -0.389 e. The normalized spacial score (nSPS) is 18.4. The van der Waals surface area contributed by atoms with Crippen molar-refractivity contribution in [3.8, 4) is 0 Å². The number of nitrogens with zero attached hydrogens (tertiary/aromatic N) is 1. The summed E-state index contributed by atoms with van der Waals surface area (Å²) in [6.07, 6.45) is 6.24. The Bertz CT molecular complexity index is 454. The first-order valence-corrected chi connectivity index (χ1v) is 7.26. The van der Waals surface area contributed by atoms with Crippen LogP contribution in [0.1, 0.15) is 44.1 Å². The third kappa shape index (κ3) is 4.28. The molecule has 0 aromatic heterocycles. The molecule has 0 radical (unpaired) electrons. The van der Waals surface area contributed by atoms with Gasteiger partial charge in [-0.3, -0.25) is 10.1 Å². The van der Waals surface area contributed by atoms with E-state index in [1.54, 1.807) is 12.1 Å². The number of aliphatic hydroxyl groups is 1. The molecule has 0 atom stereocenters. The highest BCUT2D eigenvalue weighted by Gasteiger charge is 2.27. The van der Waals surface area contributed by atoms with Crippen LogP contribution in [-0.2, 0) is 6.54 Å². The first-order valence-electron chi connectivity index (χ1n) is 7.26. The standard InChI is InChI=1S/C15H22N2O3/c18-15(8-3-1-2-4-9-15)12-16-11-13-6-5-7-14(10-13)17(19)20/h5-7,10,16,18H,1-4,8-9,11-12H2. The molecule has 1 aromatic carbocycles. The van der Waals surface area contributed by atoms with Gasteiger partial charge >= 0.3 is 0 Å². The minimum absolute atomic E-state index is 0.109. The summed E-state index contributed by atoms with van der Waals surface area (Å²) in [5, 5.41) is 24.4. The lowest BCUT2D eigenvalue weighted by molar-refractivity contribution is -0.384. The van der Waals surface area contributed by atoms with Gasteiger partial charge in [-0.15, -0.1) is 0 Å². The van der Waals surface area contributed by atoms with Gasteiger partial charge < -0.3 is 10.4 Å². The fourth-order valence-electron chi connectivity index (χ4n) is 2.78. The van der Waals surface area contributed by atoms with Crippen LogP contribution in [0.2, 0.25) is 0 Å². The predicted octanol–water partition coefficient (Wildman–Crippen LogP) is 2.77. The molecular formula is C15H22N2O3. The molecule has 5 nitrogen and oxygen atoms in total. The summed E-state index contributed by atoms with van der Waals surface area (Å²) in [7, 11) is 0. The fraction of sp³-hybridized carbons (Fsp3) is 0.600. The maximum absolute atomic E-state index is 10.7. The second-order valence-electron chi connectivity index (χ2n) is 5.67. The molecule has 2 rings (SSSR count). The fourth-order valence-corrected chi connectivity index (χ4v) is 2.78. The van der Waals surface area contributed by atoms with Crippen molar-refractivity contribution in [3.63, 3.8) is 0 Å². The van der Waals surface area contributed by atoms with Crippen molar-refractivity contribution in [1.29, 1.82) is 0 Å². The van der Waals surface area contributed by atoms with Gasteiger partial charge in [0.05, 0.1) is 10.5 Å². The van der Waals surface area contributed by atoms with E-state index in [0.717, 1.165) is 31.2 Å². The van der Waals surface area contributed by atoms with Crippen LogP contribution in [0.3, 0.4) is 0 Å². The number of non-ortho nitro benzene ring substituents is 1. The number of nitro groups is 1. The highest BCUT2D eigenvalue weighted by atomic mass is 16.6. The molecule has 1 fully saturated rings. The van der Waals surface area contributed by atoms with Crippen molar-refractivity contribution in [2.75, 3.05) is 6.54 Å². The minimum atomic E-state index is -0.614. The molecule has 0 bridgehead atoms. The molecule has 0 saturated heterocycles. The highest BCUT2D eigenvalue weighted by Crippen LogP contribution is 2.26. The second kappa shape index (κ2) is 6.81. The number of rotatable bonds is 5.